The van der Waals surface area contributed by atoms with Gasteiger partial charge in [0.05, 0.1) is 5.69 Å². The lowest BCUT2D eigenvalue weighted by molar-refractivity contribution is 0.144. The predicted octanol–water partition coefficient (Wildman–Crippen LogP) is 2.92. The Kier molecular flexibility index (Phi) is 3.08. The molecule has 2 rings (SSSR count). The molecule has 16 heavy (non-hydrogen) atoms. The van der Waals surface area contributed by atoms with Gasteiger partial charge in [-0.15, -0.1) is 0 Å². The number of anilines is 1. The molecule has 0 aromatic carbocycles. The van der Waals surface area contributed by atoms with Crippen LogP contribution in [0.5, 0.6) is 0 Å². The molecule has 88 valence electrons. The highest BCUT2D eigenvalue weighted by molar-refractivity contribution is 5.37. The Hall–Kier alpha value is -1.19. The van der Waals surface area contributed by atoms with E-state index in [4.69, 9.17) is 0 Å². The van der Waals surface area contributed by atoms with E-state index in [1.165, 1.54) is 25.6 Å². The first-order valence-corrected chi connectivity index (χ1v) is 5.88. The number of nitrogens with zero attached hydrogens (tertiary/aromatic N) is 2. The van der Waals surface area contributed by atoms with Gasteiger partial charge in [-0.25, -0.2) is 14.4 Å². The molecule has 1 fully saturated rings. The molecule has 1 aliphatic rings. The number of rotatable bonds is 4. The summed E-state index contributed by atoms with van der Waals surface area (Å²) in [4.78, 5) is 7.75. The lowest BCUT2D eigenvalue weighted by Crippen LogP contribution is -2.36. The number of halogens is 1. The van der Waals surface area contributed by atoms with Gasteiger partial charge in [0.25, 0.3) is 0 Å². The Bertz CT molecular complexity index is 369. The molecular weight excluding hydrogens is 205 g/mol. The van der Waals surface area contributed by atoms with Crippen molar-refractivity contribution in [2.75, 3.05) is 11.9 Å². The van der Waals surface area contributed by atoms with E-state index in [-0.39, 0.29) is 5.82 Å². The van der Waals surface area contributed by atoms with Crippen LogP contribution in [0, 0.1) is 18.2 Å². The molecule has 1 aromatic heterocycles. The van der Waals surface area contributed by atoms with Gasteiger partial charge in [0.2, 0.25) is 0 Å². The second-order valence-corrected chi connectivity index (χ2v) is 4.68. The van der Waals surface area contributed by atoms with Crippen molar-refractivity contribution in [3.8, 4) is 0 Å². The molecule has 0 saturated heterocycles. The van der Waals surface area contributed by atoms with Gasteiger partial charge in [-0.3, -0.25) is 0 Å². The molecule has 1 heterocycles. The second-order valence-electron chi connectivity index (χ2n) is 4.68. The quantitative estimate of drug-likeness (QED) is 0.852. The van der Waals surface area contributed by atoms with Crippen molar-refractivity contribution in [2.45, 2.75) is 39.5 Å². The Balaban J connectivity index is 2.02. The first-order valence-electron chi connectivity index (χ1n) is 5.88. The molecule has 0 amide bonds. The summed E-state index contributed by atoms with van der Waals surface area (Å²) in [6.07, 6.45) is 6.32. The van der Waals surface area contributed by atoms with Crippen LogP contribution in [0.2, 0.25) is 0 Å². The van der Waals surface area contributed by atoms with Crippen LogP contribution in [0.4, 0.5) is 10.2 Å². The topological polar surface area (TPSA) is 37.8 Å². The van der Waals surface area contributed by atoms with Gasteiger partial charge in [0.1, 0.15) is 6.33 Å². The van der Waals surface area contributed by atoms with Gasteiger partial charge in [0, 0.05) is 6.54 Å². The van der Waals surface area contributed by atoms with E-state index in [9.17, 15) is 4.39 Å². The third kappa shape index (κ3) is 2.01. The molecule has 1 N–H and O–H groups in total. The maximum absolute atomic E-state index is 13.6. The lowest BCUT2D eigenvalue weighted by atomic mass is 9.67. The Morgan fingerprint density at radius 3 is 2.75 bits per heavy atom. The van der Waals surface area contributed by atoms with Crippen LogP contribution in [0.3, 0.4) is 0 Å². The second kappa shape index (κ2) is 4.36. The van der Waals surface area contributed by atoms with Crippen LogP contribution < -0.4 is 5.32 Å². The SMILES string of the molecule is CCC1(CNc2ncnc(C)c2F)CCC1. The molecule has 4 heteroatoms. The fourth-order valence-corrected chi connectivity index (χ4v) is 2.18. The highest BCUT2D eigenvalue weighted by Crippen LogP contribution is 2.43. The van der Waals surface area contributed by atoms with E-state index in [0.717, 1.165) is 13.0 Å². The van der Waals surface area contributed by atoms with Crippen molar-refractivity contribution >= 4 is 5.82 Å². The summed E-state index contributed by atoms with van der Waals surface area (Å²) in [5.74, 6) is 0.0142. The molecular formula is C12H18FN3. The van der Waals surface area contributed by atoms with Crippen molar-refractivity contribution in [2.24, 2.45) is 5.41 Å². The standard InChI is InChI=1S/C12H18FN3/c1-3-12(5-4-6-12)7-14-11-10(13)9(2)15-8-16-11/h8H,3-7H2,1-2H3,(H,14,15,16). The van der Waals surface area contributed by atoms with Gasteiger partial charge in [-0.1, -0.05) is 13.3 Å². The molecule has 1 saturated carbocycles. The maximum Gasteiger partial charge on any atom is 0.186 e. The molecule has 0 atom stereocenters. The number of aryl methyl sites for hydroxylation is 1. The fourth-order valence-electron chi connectivity index (χ4n) is 2.18. The molecule has 0 unspecified atom stereocenters. The monoisotopic (exact) mass is 223 g/mol. The highest BCUT2D eigenvalue weighted by Gasteiger charge is 2.34. The summed E-state index contributed by atoms with van der Waals surface area (Å²) >= 11 is 0. The van der Waals surface area contributed by atoms with E-state index in [0.29, 0.717) is 16.9 Å². The average Bonchev–Trinajstić information content (AvgIpc) is 2.23. The number of aromatic nitrogens is 2. The first-order chi connectivity index (χ1) is 7.67. The molecule has 0 aliphatic heterocycles. The summed E-state index contributed by atoms with van der Waals surface area (Å²) < 4.78 is 13.6. The van der Waals surface area contributed by atoms with Gasteiger partial charge in [0.15, 0.2) is 11.6 Å². The van der Waals surface area contributed by atoms with Gasteiger partial charge < -0.3 is 5.32 Å². The zero-order valence-electron chi connectivity index (χ0n) is 9.89. The van der Waals surface area contributed by atoms with Crippen LogP contribution >= 0.6 is 0 Å². The molecule has 1 aromatic rings. The van der Waals surface area contributed by atoms with Crippen molar-refractivity contribution in [1.29, 1.82) is 0 Å². The van der Waals surface area contributed by atoms with Gasteiger partial charge in [-0.05, 0) is 31.6 Å². The number of hydrogen-bond acceptors (Lipinski definition) is 3. The zero-order chi connectivity index (χ0) is 11.6. The summed E-state index contributed by atoms with van der Waals surface area (Å²) in [6.45, 7) is 4.67. The molecule has 0 radical (unpaired) electrons. The van der Waals surface area contributed by atoms with E-state index in [1.54, 1.807) is 6.92 Å². The Morgan fingerprint density at radius 2 is 2.19 bits per heavy atom. The van der Waals surface area contributed by atoms with E-state index < -0.39 is 0 Å². The summed E-state index contributed by atoms with van der Waals surface area (Å²) in [6, 6.07) is 0. The third-order valence-corrected chi connectivity index (χ3v) is 3.76. The van der Waals surface area contributed by atoms with Crippen LogP contribution in [-0.4, -0.2) is 16.5 Å². The number of hydrogen-bond donors (Lipinski definition) is 1. The minimum Gasteiger partial charge on any atom is -0.367 e. The minimum absolute atomic E-state index is 0.326. The van der Waals surface area contributed by atoms with Gasteiger partial charge in [-0.2, -0.15) is 0 Å². The fraction of sp³-hybridized carbons (Fsp3) is 0.667. The molecule has 0 bridgehead atoms. The molecule has 3 nitrogen and oxygen atoms in total. The maximum atomic E-state index is 13.6. The van der Waals surface area contributed by atoms with Crippen molar-refractivity contribution in [3.63, 3.8) is 0 Å². The molecule has 1 aliphatic carbocycles. The smallest absolute Gasteiger partial charge is 0.186 e. The van der Waals surface area contributed by atoms with Crippen molar-refractivity contribution in [1.82, 2.24) is 9.97 Å². The lowest BCUT2D eigenvalue weighted by Gasteiger charge is -2.41. The third-order valence-electron chi connectivity index (χ3n) is 3.76. The Labute approximate surface area is 95.5 Å². The average molecular weight is 223 g/mol. The van der Waals surface area contributed by atoms with Crippen molar-refractivity contribution < 1.29 is 4.39 Å². The zero-order valence-corrected chi connectivity index (χ0v) is 9.89. The Morgan fingerprint density at radius 1 is 1.44 bits per heavy atom. The van der Waals surface area contributed by atoms with Crippen LogP contribution in [0.1, 0.15) is 38.3 Å². The first kappa shape index (κ1) is 11.3. The summed E-state index contributed by atoms with van der Waals surface area (Å²) in [7, 11) is 0. The predicted molar refractivity (Wildman–Crippen MR) is 61.8 cm³/mol. The molecule has 0 spiro atoms. The highest BCUT2D eigenvalue weighted by atomic mass is 19.1. The normalized spacial score (nSPS) is 17.9. The summed E-state index contributed by atoms with van der Waals surface area (Å²) in [5.41, 5.74) is 0.766. The van der Waals surface area contributed by atoms with E-state index >= 15 is 0 Å². The number of nitrogens with one attached hydrogen (secondary N) is 1. The van der Waals surface area contributed by atoms with Crippen molar-refractivity contribution in [3.05, 3.63) is 17.8 Å². The largest absolute Gasteiger partial charge is 0.367 e. The van der Waals surface area contributed by atoms with E-state index in [2.05, 4.69) is 22.2 Å². The van der Waals surface area contributed by atoms with Crippen LogP contribution in [-0.2, 0) is 0 Å². The van der Waals surface area contributed by atoms with Gasteiger partial charge >= 0.3 is 0 Å². The van der Waals surface area contributed by atoms with Crippen LogP contribution in [0.15, 0.2) is 6.33 Å². The minimum atomic E-state index is -0.326. The van der Waals surface area contributed by atoms with E-state index in [1.807, 2.05) is 0 Å². The van der Waals surface area contributed by atoms with Crippen LogP contribution in [0.25, 0.3) is 0 Å². The summed E-state index contributed by atoms with van der Waals surface area (Å²) in [5, 5.41) is 3.12.